The number of alkyl halides is 1. The van der Waals surface area contributed by atoms with Gasteiger partial charge in [-0.05, 0) is 25.0 Å². The Balaban J connectivity index is 1.85. The fourth-order valence-electron chi connectivity index (χ4n) is 2.45. The third kappa shape index (κ3) is 4.15. The number of nitrogens with zero attached hydrogens (tertiary/aromatic N) is 1. The third-order valence-corrected chi connectivity index (χ3v) is 5.15. The van der Waals surface area contributed by atoms with Crippen molar-refractivity contribution < 1.29 is 4.79 Å². The number of carbonyl (C=O) groups excluding carboxylic acids is 1. The fraction of sp³-hybridized carbons (Fsp3) is 0.533. The molecule has 2 rings (SSSR count). The van der Waals surface area contributed by atoms with Gasteiger partial charge in [0.15, 0.2) is 0 Å². The van der Waals surface area contributed by atoms with Crippen LogP contribution in [0, 0.1) is 0 Å². The highest BCUT2D eigenvalue weighted by Gasteiger charge is 2.29. The number of carbonyl (C=O) groups is 1. The summed E-state index contributed by atoms with van der Waals surface area (Å²) < 4.78 is 0. The second-order valence-corrected chi connectivity index (χ2v) is 6.58. The Labute approximate surface area is 124 Å². The molecule has 4 heteroatoms. The monoisotopic (exact) mass is 297 g/mol. The molecule has 1 aliphatic carbocycles. The lowest BCUT2D eigenvalue weighted by Gasteiger charge is -2.34. The van der Waals surface area contributed by atoms with E-state index < -0.39 is 0 Å². The molecular formula is C15H20ClNOS. The van der Waals surface area contributed by atoms with Gasteiger partial charge in [-0.25, -0.2) is 0 Å². The zero-order valence-electron chi connectivity index (χ0n) is 11.2. The normalized spacial score (nSPS) is 23.1. The summed E-state index contributed by atoms with van der Waals surface area (Å²) in [7, 11) is 1.89. The first-order valence-electron chi connectivity index (χ1n) is 6.76. The van der Waals surface area contributed by atoms with Crippen molar-refractivity contribution in [2.24, 2.45) is 0 Å². The Kier molecular flexibility index (Phi) is 5.59. The van der Waals surface area contributed by atoms with Crippen LogP contribution >= 0.6 is 23.4 Å². The molecule has 0 heterocycles. The van der Waals surface area contributed by atoms with Gasteiger partial charge in [-0.1, -0.05) is 31.0 Å². The Morgan fingerprint density at radius 1 is 1.32 bits per heavy atom. The summed E-state index contributed by atoms with van der Waals surface area (Å²) in [5.74, 6) is 0.659. The van der Waals surface area contributed by atoms with E-state index in [-0.39, 0.29) is 17.3 Å². The van der Waals surface area contributed by atoms with Gasteiger partial charge in [-0.15, -0.1) is 23.4 Å². The van der Waals surface area contributed by atoms with Crippen molar-refractivity contribution in [3.05, 3.63) is 30.3 Å². The van der Waals surface area contributed by atoms with Gasteiger partial charge in [0.1, 0.15) is 0 Å². The van der Waals surface area contributed by atoms with Crippen LogP contribution < -0.4 is 0 Å². The SMILES string of the molecule is CN(C(=O)CSc1ccccc1)C1CCCCC1Cl. The van der Waals surface area contributed by atoms with Crippen LogP contribution in [0.3, 0.4) is 0 Å². The first-order chi connectivity index (χ1) is 9.18. The van der Waals surface area contributed by atoms with Crippen molar-refractivity contribution in [1.29, 1.82) is 0 Å². The number of rotatable bonds is 4. The smallest absolute Gasteiger partial charge is 0.232 e. The molecule has 0 N–H and O–H groups in total. The molecule has 2 nitrogen and oxygen atoms in total. The molecule has 2 atom stereocenters. The fourth-order valence-corrected chi connectivity index (χ4v) is 3.74. The Bertz CT molecular complexity index is 412. The molecular weight excluding hydrogens is 278 g/mol. The Morgan fingerprint density at radius 3 is 2.68 bits per heavy atom. The second-order valence-electron chi connectivity index (χ2n) is 4.97. The van der Waals surface area contributed by atoms with Gasteiger partial charge in [0.2, 0.25) is 5.91 Å². The molecule has 2 unspecified atom stereocenters. The largest absolute Gasteiger partial charge is 0.341 e. The first kappa shape index (κ1) is 14.7. The molecule has 1 amide bonds. The maximum Gasteiger partial charge on any atom is 0.232 e. The minimum absolute atomic E-state index is 0.115. The lowest BCUT2D eigenvalue weighted by molar-refractivity contribution is -0.129. The van der Waals surface area contributed by atoms with E-state index in [1.807, 2.05) is 42.3 Å². The van der Waals surface area contributed by atoms with E-state index in [0.717, 1.165) is 17.7 Å². The quantitative estimate of drug-likeness (QED) is 0.622. The molecule has 1 saturated carbocycles. The van der Waals surface area contributed by atoms with Crippen LogP contribution in [0.2, 0.25) is 0 Å². The number of hydrogen-bond donors (Lipinski definition) is 0. The summed E-state index contributed by atoms with van der Waals surface area (Å²) in [5.41, 5.74) is 0. The average Bonchev–Trinajstić information content (AvgIpc) is 2.45. The minimum atomic E-state index is 0.115. The van der Waals surface area contributed by atoms with E-state index in [4.69, 9.17) is 11.6 Å². The van der Waals surface area contributed by atoms with E-state index in [0.29, 0.717) is 5.75 Å². The maximum atomic E-state index is 12.2. The van der Waals surface area contributed by atoms with E-state index in [1.54, 1.807) is 11.8 Å². The molecule has 0 aromatic heterocycles. The summed E-state index contributed by atoms with van der Waals surface area (Å²) in [5, 5.41) is 0.115. The molecule has 19 heavy (non-hydrogen) atoms. The number of halogens is 1. The standard InChI is InChI=1S/C15H20ClNOS/c1-17(14-10-6-5-9-13(14)16)15(18)11-19-12-7-3-2-4-8-12/h2-4,7-8,13-14H,5-6,9-11H2,1H3. The molecule has 0 bridgehead atoms. The maximum absolute atomic E-state index is 12.2. The second kappa shape index (κ2) is 7.20. The van der Waals surface area contributed by atoms with Gasteiger partial charge in [0.05, 0.1) is 11.1 Å². The topological polar surface area (TPSA) is 20.3 Å². The molecule has 1 aromatic rings. The van der Waals surface area contributed by atoms with Gasteiger partial charge in [-0.3, -0.25) is 4.79 Å². The molecule has 1 fully saturated rings. The first-order valence-corrected chi connectivity index (χ1v) is 8.18. The zero-order chi connectivity index (χ0) is 13.7. The Morgan fingerprint density at radius 2 is 2.00 bits per heavy atom. The molecule has 1 aliphatic rings. The third-order valence-electron chi connectivity index (χ3n) is 3.64. The van der Waals surface area contributed by atoms with E-state index in [2.05, 4.69) is 0 Å². The van der Waals surface area contributed by atoms with Gasteiger partial charge < -0.3 is 4.90 Å². The van der Waals surface area contributed by atoms with E-state index in [1.165, 1.54) is 12.8 Å². The van der Waals surface area contributed by atoms with Crippen molar-refractivity contribution in [1.82, 2.24) is 4.90 Å². The molecule has 0 radical (unpaired) electrons. The summed E-state index contributed by atoms with van der Waals surface area (Å²) >= 11 is 7.93. The van der Waals surface area contributed by atoms with Crippen LogP contribution in [0.5, 0.6) is 0 Å². The number of benzene rings is 1. The van der Waals surface area contributed by atoms with Gasteiger partial charge in [0, 0.05) is 18.0 Å². The molecule has 0 aliphatic heterocycles. The van der Waals surface area contributed by atoms with Crippen molar-refractivity contribution in [3.63, 3.8) is 0 Å². The predicted molar refractivity (Wildman–Crippen MR) is 81.8 cm³/mol. The summed E-state index contributed by atoms with van der Waals surface area (Å²) in [6.45, 7) is 0. The van der Waals surface area contributed by atoms with Gasteiger partial charge >= 0.3 is 0 Å². The lowest BCUT2D eigenvalue weighted by Crippen LogP contribution is -2.45. The number of thioether (sulfide) groups is 1. The van der Waals surface area contributed by atoms with Crippen LogP contribution in [-0.4, -0.2) is 35.0 Å². The molecule has 0 saturated heterocycles. The lowest BCUT2D eigenvalue weighted by atomic mass is 9.94. The summed E-state index contributed by atoms with van der Waals surface area (Å²) in [6.07, 6.45) is 4.42. The summed E-state index contributed by atoms with van der Waals surface area (Å²) in [6, 6.07) is 10.2. The molecule has 1 aromatic carbocycles. The van der Waals surface area contributed by atoms with Gasteiger partial charge in [-0.2, -0.15) is 0 Å². The average molecular weight is 298 g/mol. The highest BCUT2D eigenvalue weighted by molar-refractivity contribution is 8.00. The van der Waals surface area contributed by atoms with Crippen molar-refractivity contribution in [2.75, 3.05) is 12.8 Å². The highest BCUT2D eigenvalue weighted by Crippen LogP contribution is 2.27. The van der Waals surface area contributed by atoms with Crippen molar-refractivity contribution in [2.45, 2.75) is 42.0 Å². The van der Waals surface area contributed by atoms with Crippen LogP contribution in [-0.2, 0) is 4.79 Å². The highest BCUT2D eigenvalue weighted by atomic mass is 35.5. The minimum Gasteiger partial charge on any atom is -0.341 e. The van der Waals surface area contributed by atoms with Crippen LogP contribution in [0.1, 0.15) is 25.7 Å². The van der Waals surface area contributed by atoms with E-state index >= 15 is 0 Å². The summed E-state index contributed by atoms with van der Waals surface area (Å²) in [4.78, 5) is 15.2. The zero-order valence-corrected chi connectivity index (χ0v) is 12.8. The van der Waals surface area contributed by atoms with Crippen LogP contribution in [0.15, 0.2) is 35.2 Å². The number of amides is 1. The Hall–Kier alpha value is -0.670. The molecule has 0 spiro atoms. The van der Waals surface area contributed by atoms with Crippen molar-refractivity contribution in [3.8, 4) is 0 Å². The number of hydrogen-bond acceptors (Lipinski definition) is 2. The van der Waals surface area contributed by atoms with Gasteiger partial charge in [0.25, 0.3) is 0 Å². The molecule has 104 valence electrons. The van der Waals surface area contributed by atoms with Crippen LogP contribution in [0.25, 0.3) is 0 Å². The predicted octanol–water partition coefficient (Wildman–Crippen LogP) is 3.79. The van der Waals surface area contributed by atoms with Crippen molar-refractivity contribution >= 4 is 29.3 Å². The van der Waals surface area contributed by atoms with Crippen LogP contribution in [0.4, 0.5) is 0 Å². The van der Waals surface area contributed by atoms with E-state index in [9.17, 15) is 4.79 Å².